The molecule has 0 unspecified atom stereocenters. The Morgan fingerprint density at radius 3 is 2.43 bits per heavy atom. The lowest BCUT2D eigenvalue weighted by atomic mass is 10.00. The zero-order valence-corrected chi connectivity index (χ0v) is 13.5. The lowest BCUT2D eigenvalue weighted by Crippen LogP contribution is -2.00. The molecule has 0 aliphatic heterocycles. The van der Waals surface area contributed by atoms with Crippen LogP contribution in [-0.2, 0) is 4.79 Å². The molecule has 0 radical (unpaired) electrons. The monoisotopic (exact) mass is 300 g/mol. The third kappa shape index (κ3) is 3.99. The first-order chi connectivity index (χ1) is 9.96. The number of benzene rings is 1. The van der Waals surface area contributed by atoms with Gasteiger partial charge in [-0.1, -0.05) is 37.4 Å². The van der Waals surface area contributed by atoms with E-state index >= 15 is 0 Å². The van der Waals surface area contributed by atoms with Gasteiger partial charge in [-0.15, -0.1) is 12.6 Å². The lowest BCUT2D eigenvalue weighted by Gasteiger charge is -2.10. The maximum absolute atomic E-state index is 12.3. The highest BCUT2D eigenvalue weighted by Crippen LogP contribution is 2.30. The fraction of sp³-hybridized carbons (Fsp3) is 0.167. The van der Waals surface area contributed by atoms with Gasteiger partial charge in [-0.2, -0.15) is 0 Å². The van der Waals surface area contributed by atoms with Crippen LogP contribution in [0.2, 0.25) is 0 Å². The van der Waals surface area contributed by atoms with Crippen LogP contribution in [0.4, 0.5) is 0 Å². The first kappa shape index (κ1) is 17.1. The van der Waals surface area contributed by atoms with E-state index in [2.05, 4.69) is 25.8 Å². The Kier molecular flexibility index (Phi) is 6.25. The zero-order chi connectivity index (χ0) is 16.0. The highest BCUT2D eigenvalue weighted by atomic mass is 32.1. The van der Waals surface area contributed by atoms with Gasteiger partial charge in [0, 0.05) is 5.57 Å². The van der Waals surface area contributed by atoms with Gasteiger partial charge in [0.05, 0.1) is 12.0 Å². The van der Waals surface area contributed by atoms with Gasteiger partial charge in [0.1, 0.15) is 5.75 Å². The van der Waals surface area contributed by atoms with Crippen LogP contribution in [-0.4, -0.2) is 12.9 Å². The van der Waals surface area contributed by atoms with E-state index in [1.54, 1.807) is 25.3 Å². The van der Waals surface area contributed by atoms with E-state index < -0.39 is 0 Å². The second-order valence-corrected chi connectivity index (χ2v) is 5.00. The normalized spacial score (nSPS) is 12.5. The summed E-state index contributed by atoms with van der Waals surface area (Å²) in [4.78, 5) is 13.0. The van der Waals surface area contributed by atoms with Crippen molar-refractivity contribution < 1.29 is 9.53 Å². The molecule has 0 aliphatic carbocycles. The van der Waals surface area contributed by atoms with Gasteiger partial charge in [0.25, 0.3) is 0 Å². The smallest absolute Gasteiger partial charge is 0.186 e. The molecule has 1 aromatic carbocycles. The highest BCUT2D eigenvalue weighted by molar-refractivity contribution is 7.80. The van der Waals surface area contributed by atoms with E-state index in [9.17, 15) is 4.79 Å². The zero-order valence-electron chi connectivity index (χ0n) is 12.6. The fourth-order valence-electron chi connectivity index (χ4n) is 1.92. The Morgan fingerprint density at radius 2 is 1.90 bits per heavy atom. The number of ether oxygens (including phenoxy) is 1. The van der Waals surface area contributed by atoms with Crippen molar-refractivity contribution in [3.05, 3.63) is 66.3 Å². The second-order valence-electron chi connectivity index (χ2n) is 4.55. The van der Waals surface area contributed by atoms with Crippen molar-refractivity contribution >= 4 is 24.0 Å². The third-order valence-corrected chi connectivity index (χ3v) is 3.65. The predicted octanol–water partition coefficient (Wildman–Crippen LogP) is 4.64. The van der Waals surface area contributed by atoms with Crippen LogP contribution in [0, 0.1) is 0 Å². The van der Waals surface area contributed by atoms with E-state index in [1.165, 1.54) is 0 Å². The number of thiol groups is 1. The summed E-state index contributed by atoms with van der Waals surface area (Å²) in [6.45, 7) is 11.1. The number of rotatable bonds is 6. The molecule has 0 aromatic heterocycles. The van der Waals surface area contributed by atoms with Crippen molar-refractivity contribution in [1.82, 2.24) is 0 Å². The first-order valence-corrected chi connectivity index (χ1v) is 6.95. The van der Waals surface area contributed by atoms with E-state index in [-0.39, 0.29) is 5.78 Å². The van der Waals surface area contributed by atoms with Crippen LogP contribution in [0.5, 0.6) is 5.75 Å². The molecule has 0 fully saturated rings. The van der Waals surface area contributed by atoms with Crippen LogP contribution in [0.25, 0.3) is 5.57 Å². The highest BCUT2D eigenvalue weighted by Gasteiger charge is 2.10. The SMILES string of the molecule is C=C/C(C)=C(\C=C)C(=O)/C=C(\C)c1cccc(OC)c1S. The average Bonchev–Trinajstić information content (AvgIpc) is 2.47. The number of hydrogen-bond acceptors (Lipinski definition) is 3. The molecule has 2 nitrogen and oxygen atoms in total. The Balaban J connectivity index is 3.25. The fourth-order valence-corrected chi connectivity index (χ4v) is 2.34. The summed E-state index contributed by atoms with van der Waals surface area (Å²) in [7, 11) is 1.59. The number of carbonyl (C=O) groups is 1. The van der Waals surface area contributed by atoms with E-state index in [1.807, 2.05) is 32.0 Å². The summed E-state index contributed by atoms with van der Waals surface area (Å²) >= 11 is 4.46. The van der Waals surface area contributed by atoms with Crippen LogP contribution >= 0.6 is 12.6 Å². The largest absolute Gasteiger partial charge is 0.496 e. The molecule has 0 aliphatic rings. The predicted molar refractivity (Wildman–Crippen MR) is 92.0 cm³/mol. The summed E-state index contributed by atoms with van der Waals surface area (Å²) in [6.07, 6.45) is 4.78. The molecule has 0 atom stereocenters. The van der Waals surface area contributed by atoms with Gasteiger partial charge in [-0.3, -0.25) is 4.79 Å². The van der Waals surface area contributed by atoms with Gasteiger partial charge in [0.2, 0.25) is 0 Å². The van der Waals surface area contributed by atoms with Gasteiger partial charge in [0.15, 0.2) is 5.78 Å². The minimum absolute atomic E-state index is 0.101. The molecule has 1 aromatic rings. The van der Waals surface area contributed by atoms with Crippen molar-refractivity contribution in [2.45, 2.75) is 18.7 Å². The topological polar surface area (TPSA) is 26.3 Å². The minimum atomic E-state index is -0.101. The third-order valence-electron chi connectivity index (χ3n) is 3.19. The minimum Gasteiger partial charge on any atom is -0.496 e. The van der Waals surface area contributed by atoms with E-state index in [4.69, 9.17) is 4.74 Å². The van der Waals surface area contributed by atoms with Gasteiger partial charge in [-0.25, -0.2) is 0 Å². The molecular weight excluding hydrogens is 280 g/mol. The maximum Gasteiger partial charge on any atom is 0.186 e. The standard InChI is InChI=1S/C18H20O2S/c1-6-12(3)14(7-2)16(19)11-13(4)15-9-8-10-17(20-5)18(15)21/h6-11,21H,1-2H2,3-5H3/b13-11+,14-12+. The van der Waals surface area contributed by atoms with Crippen LogP contribution < -0.4 is 4.74 Å². The summed E-state index contributed by atoms with van der Waals surface area (Å²) < 4.78 is 5.24. The van der Waals surface area contributed by atoms with E-state index in [0.29, 0.717) is 16.2 Å². The lowest BCUT2D eigenvalue weighted by molar-refractivity contribution is -0.111. The Morgan fingerprint density at radius 1 is 1.24 bits per heavy atom. The Hall–Kier alpha value is -2.00. The molecule has 21 heavy (non-hydrogen) atoms. The van der Waals surface area contributed by atoms with Crippen molar-refractivity contribution in [2.24, 2.45) is 0 Å². The molecule has 0 N–H and O–H groups in total. The Bertz CT molecular complexity index is 637. The first-order valence-electron chi connectivity index (χ1n) is 6.51. The molecular formula is C18H20O2S. The molecule has 110 valence electrons. The summed E-state index contributed by atoms with van der Waals surface area (Å²) in [6, 6.07) is 5.61. The molecule has 0 bridgehead atoms. The van der Waals surface area contributed by atoms with Gasteiger partial charge >= 0.3 is 0 Å². The van der Waals surface area contributed by atoms with Crippen molar-refractivity contribution in [3.8, 4) is 5.75 Å². The number of methoxy groups -OCH3 is 1. The van der Waals surface area contributed by atoms with Crippen molar-refractivity contribution in [1.29, 1.82) is 0 Å². The van der Waals surface area contributed by atoms with Crippen LogP contribution in [0.1, 0.15) is 19.4 Å². The van der Waals surface area contributed by atoms with Crippen LogP contribution in [0.15, 0.2) is 65.6 Å². The van der Waals surface area contributed by atoms with Crippen LogP contribution in [0.3, 0.4) is 0 Å². The number of ketones is 1. The molecule has 0 saturated heterocycles. The second kappa shape index (κ2) is 7.70. The van der Waals surface area contributed by atoms with Crippen molar-refractivity contribution in [3.63, 3.8) is 0 Å². The maximum atomic E-state index is 12.3. The molecule has 1 rings (SSSR count). The number of hydrogen-bond donors (Lipinski definition) is 1. The summed E-state index contributed by atoms with van der Waals surface area (Å²) in [5.41, 5.74) is 3.04. The van der Waals surface area contributed by atoms with Gasteiger partial charge < -0.3 is 4.74 Å². The molecule has 0 spiro atoms. The molecule has 0 heterocycles. The summed E-state index contributed by atoms with van der Waals surface area (Å²) in [5.74, 6) is 0.577. The van der Waals surface area contributed by atoms with Gasteiger partial charge in [-0.05, 0) is 42.7 Å². The van der Waals surface area contributed by atoms with Crippen molar-refractivity contribution in [2.75, 3.05) is 7.11 Å². The molecule has 0 saturated carbocycles. The number of allylic oxidation sites excluding steroid dienone is 6. The quantitative estimate of drug-likeness (QED) is 0.470. The molecule has 0 amide bonds. The molecule has 3 heteroatoms. The number of carbonyl (C=O) groups excluding carboxylic acids is 1. The van der Waals surface area contributed by atoms with E-state index in [0.717, 1.165) is 16.7 Å². The Labute approximate surface area is 131 Å². The summed E-state index contributed by atoms with van der Waals surface area (Å²) in [5, 5.41) is 0. The average molecular weight is 300 g/mol.